The maximum Gasteiger partial charge on any atom is 0.262 e. The van der Waals surface area contributed by atoms with Crippen molar-refractivity contribution in [2.24, 2.45) is 0 Å². The Kier molecular flexibility index (Phi) is 7.06. The number of aromatic nitrogens is 2. The van der Waals surface area contributed by atoms with Crippen LogP contribution < -0.4 is 10.9 Å². The minimum absolute atomic E-state index is 0.0765. The number of carbonyl (C=O) groups is 1. The van der Waals surface area contributed by atoms with E-state index in [0.717, 1.165) is 11.1 Å². The lowest BCUT2D eigenvalue weighted by Gasteiger charge is -2.15. The van der Waals surface area contributed by atoms with Crippen molar-refractivity contribution in [3.63, 3.8) is 0 Å². The van der Waals surface area contributed by atoms with Gasteiger partial charge < -0.3 is 10.1 Å². The van der Waals surface area contributed by atoms with E-state index in [1.54, 1.807) is 17.7 Å². The Morgan fingerprint density at radius 1 is 1.21 bits per heavy atom. The van der Waals surface area contributed by atoms with E-state index >= 15 is 0 Å². The minimum Gasteiger partial charge on any atom is -0.383 e. The van der Waals surface area contributed by atoms with Crippen LogP contribution in [-0.4, -0.2) is 41.0 Å². The Bertz CT molecular complexity index is 1050. The summed E-state index contributed by atoms with van der Waals surface area (Å²) in [5, 5.41) is 3.98. The highest BCUT2D eigenvalue weighted by Gasteiger charge is 2.14. The molecule has 1 amide bonds. The highest BCUT2D eigenvalue weighted by Crippen LogP contribution is 2.19. The number of fused-ring (bicyclic) bond motifs is 1. The Morgan fingerprint density at radius 3 is 2.66 bits per heavy atom. The van der Waals surface area contributed by atoms with Crippen molar-refractivity contribution in [3.8, 4) is 0 Å². The van der Waals surface area contributed by atoms with Crippen molar-refractivity contribution in [1.82, 2.24) is 14.9 Å². The largest absolute Gasteiger partial charge is 0.383 e. The van der Waals surface area contributed by atoms with Crippen LogP contribution in [0, 0.1) is 6.92 Å². The molecule has 3 aromatic rings. The zero-order valence-corrected chi connectivity index (χ0v) is 17.7. The summed E-state index contributed by atoms with van der Waals surface area (Å²) in [7, 11) is 1.60. The lowest BCUT2D eigenvalue weighted by atomic mass is 10.1. The van der Waals surface area contributed by atoms with Crippen LogP contribution in [0.3, 0.4) is 0 Å². The normalized spacial score (nSPS) is 12.1. The summed E-state index contributed by atoms with van der Waals surface area (Å²) in [6, 6.07) is 15.3. The summed E-state index contributed by atoms with van der Waals surface area (Å²) in [5.74, 6) is 0.0519. The zero-order chi connectivity index (χ0) is 20.8. The van der Waals surface area contributed by atoms with Crippen LogP contribution in [-0.2, 0) is 16.1 Å². The van der Waals surface area contributed by atoms with Crippen LogP contribution in [0.25, 0.3) is 10.9 Å². The first-order valence-corrected chi connectivity index (χ1v) is 10.4. The number of benzene rings is 2. The third-order valence-electron chi connectivity index (χ3n) is 4.44. The van der Waals surface area contributed by atoms with Crippen molar-refractivity contribution < 1.29 is 9.53 Å². The Balaban J connectivity index is 1.89. The van der Waals surface area contributed by atoms with Gasteiger partial charge in [0.2, 0.25) is 5.91 Å². The Morgan fingerprint density at radius 2 is 1.93 bits per heavy atom. The van der Waals surface area contributed by atoms with Gasteiger partial charge in [0.15, 0.2) is 5.16 Å². The van der Waals surface area contributed by atoms with E-state index in [0.29, 0.717) is 29.2 Å². The summed E-state index contributed by atoms with van der Waals surface area (Å²) in [6.45, 7) is 4.76. The smallest absolute Gasteiger partial charge is 0.262 e. The molecule has 7 heteroatoms. The SMILES string of the molecule is COC[C@@H](C)NC(=O)CSc1nc2ccccc2c(=O)n1Cc1ccc(C)cc1. The minimum atomic E-state index is -0.121. The van der Waals surface area contributed by atoms with Gasteiger partial charge in [-0.1, -0.05) is 53.7 Å². The van der Waals surface area contributed by atoms with Gasteiger partial charge in [-0.2, -0.15) is 0 Å². The fourth-order valence-corrected chi connectivity index (χ4v) is 3.82. The molecule has 0 aliphatic carbocycles. The number of nitrogens with one attached hydrogen (secondary N) is 1. The van der Waals surface area contributed by atoms with Crippen LogP contribution in [0.5, 0.6) is 0 Å². The zero-order valence-electron chi connectivity index (χ0n) is 16.8. The van der Waals surface area contributed by atoms with Crippen LogP contribution in [0.4, 0.5) is 0 Å². The fourth-order valence-electron chi connectivity index (χ4n) is 3.01. The van der Waals surface area contributed by atoms with Gasteiger partial charge >= 0.3 is 0 Å². The topological polar surface area (TPSA) is 73.2 Å². The number of hydrogen-bond acceptors (Lipinski definition) is 5. The predicted octanol–water partition coefficient (Wildman–Crippen LogP) is 3.00. The highest BCUT2D eigenvalue weighted by molar-refractivity contribution is 7.99. The molecule has 1 aromatic heterocycles. The van der Waals surface area contributed by atoms with Crippen LogP contribution >= 0.6 is 11.8 Å². The highest BCUT2D eigenvalue weighted by atomic mass is 32.2. The van der Waals surface area contributed by atoms with Gasteiger partial charge in [-0.15, -0.1) is 0 Å². The lowest BCUT2D eigenvalue weighted by molar-refractivity contribution is -0.119. The van der Waals surface area contributed by atoms with Gasteiger partial charge in [-0.25, -0.2) is 4.98 Å². The van der Waals surface area contributed by atoms with E-state index < -0.39 is 0 Å². The molecule has 3 rings (SSSR count). The average molecular weight is 412 g/mol. The summed E-state index contributed by atoms with van der Waals surface area (Å²) in [4.78, 5) is 30.0. The van der Waals surface area contributed by atoms with Crippen molar-refractivity contribution in [3.05, 3.63) is 70.0 Å². The van der Waals surface area contributed by atoms with Gasteiger partial charge in [0.1, 0.15) is 0 Å². The molecule has 0 saturated heterocycles. The second-order valence-electron chi connectivity index (χ2n) is 7.00. The average Bonchev–Trinajstić information content (AvgIpc) is 2.70. The van der Waals surface area contributed by atoms with Gasteiger partial charge in [0.05, 0.1) is 29.8 Å². The molecule has 2 aromatic carbocycles. The molecule has 0 fully saturated rings. The van der Waals surface area contributed by atoms with Crippen molar-refractivity contribution in [2.75, 3.05) is 19.5 Å². The molecule has 152 valence electrons. The number of carbonyl (C=O) groups excluding carboxylic acids is 1. The maximum atomic E-state index is 13.1. The van der Waals surface area contributed by atoms with E-state index in [9.17, 15) is 9.59 Å². The van der Waals surface area contributed by atoms with Gasteiger partial charge in [0, 0.05) is 13.2 Å². The number of thioether (sulfide) groups is 1. The molecule has 0 spiro atoms. The molecule has 1 heterocycles. The number of amides is 1. The monoisotopic (exact) mass is 411 g/mol. The first-order valence-electron chi connectivity index (χ1n) is 9.44. The molecule has 0 bridgehead atoms. The first-order chi connectivity index (χ1) is 14.0. The molecule has 0 radical (unpaired) electrons. The second kappa shape index (κ2) is 9.71. The maximum absolute atomic E-state index is 13.1. The van der Waals surface area contributed by atoms with Gasteiger partial charge in [-0.3, -0.25) is 14.2 Å². The first kappa shape index (κ1) is 21.1. The molecule has 1 N–H and O–H groups in total. The van der Waals surface area contributed by atoms with Gasteiger partial charge in [0.25, 0.3) is 5.56 Å². The molecular weight excluding hydrogens is 386 g/mol. The van der Waals surface area contributed by atoms with Crippen LogP contribution in [0.2, 0.25) is 0 Å². The molecular formula is C22H25N3O3S. The number of para-hydroxylation sites is 1. The van der Waals surface area contributed by atoms with E-state index in [1.807, 2.05) is 56.3 Å². The number of ether oxygens (including phenoxy) is 1. The van der Waals surface area contributed by atoms with Crippen molar-refractivity contribution in [1.29, 1.82) is 0 Å². The summed E-state index contributed by atoms with van der Waals surface area (Å²) >= 11 is 1.27. The molecule has 6 nitrogen and oxygen atoms in total. The predicted molar refractivity (Wildman–Crippen MR) is 116 cm³/mol. The molecule has 1 atom stereocenters. The quantitative estimate of drug-likeness (QED) is 0.456. The van der Waals surface area contributed by atoms with Crippen molar-refractivity contribution in [2.45, 2.75) is 31.6 Å². The Labute approximate surface area is 174 Å². The number of rotatable bonds is 8. The van der Waals surface area contributed by atoms with E-state index in [4.69, 9.17) is 4.74 Å². The molecule has 0 aliphatic rings. The van der Waals surface area contributed by atoms with E-state index in [1.165, 1.54) is 11.8 Å². The second-order valence-corrected chi connectivity index (χ2v) is 7.94. The summed E-state index contributed by atoms with van der Waals surface area (Å²) in [5.41, 5.74) is 2.70. The molecule has 0 aliphatic heterocycles. The standard InChI is InChI=1S/C22H25N3O3S/c1-15-8-10-17(11-9-15)12-25-21(27)18-6-4-5-7-19(18)24-22(25)29-14-20(26)23-16(2)13-28-3/h4-11,16H,12-14H2,1-3H3,(H,23,26)/t16-/m1/s1. The van der Waals surface area contributed by atoms with Crippen molar-refractivity contribution >= 4 is 28.6 Å². The van der Waals surface area contributed by atoms with Crippen LogP contribution in [0.15, 0.2) is 58.5 Å². The summed E-state index contributed by atoms with van der Waals surface area (Å²) < 4.78 is 6.69. The molecule has 0 saturated carbocycles. The van der Waals surface area contributed by atoms with E-state index in [2.05, 4.69) is 10.3 Å². The summed E-state index contributed by atoms with van der Waals surface area (Å²) in [6.07, 6.45) is 0. The number of aryl methyl sites for hydroxylation is 1. The fraction of sp³-hybridized carbons (Fsp3) is 0.318. The molecule has 0 unspecified atom stereocenters. The van der Waals surface area contributed by atoms with Crippen LogP contribution in [0.1, 0.15) is 18.1 Å². The number of methoxy groups -OCH3 is 1. The van der Waals surface area contributed by atoms with Gasteiger partial charge in [-0.05, 0) is 31.5 Å². The molecule has 29 heavy (non-hydrogen) atoms. The van der Waals surface area contributed by atoms with E-state index in [-0.39, 0.29) is 23.3 Å². The Hall–Kier alpha value is -2.64. The third kappa shape index (κ3) is 5.46. The third-order valence-corrected chi connectivity index (χ3v) is 5.42. The lowest BCUT2D eigenvalue weighted by Crippen LogP contribution is -2.36. The number of nitrogens with zero attached hydrogens (tertiary/aromatic N) is 2. The number of hydrogen-bond donors (Lipinski definition) is 1.